The van der Waals surface area contributed by atoms with E-state index in [1.54, 1.807) is 37.9 Å². The predicted molar refractivity (Wildman–Crippen MR) is 178 cm³/mol. The van der Waals surface area contributed by atoms with Crippen molar-refractivity contribution in [1.82, 2.24) is 24.4 Å². The first-order valence-corrected chi connectivity index (χ1v) is 16.2. The number of hydrogen-bond donors (Lipinski definition) is 1. The highest BCUT2D eigenvalue weighted by molar-refractivity contribution is 5.91. The Labute approximate surface area is 282 Å². The van der Waals surface area contributed by atoms with Crippen molar-refractivity contribution in [2.75, 3.05) is 38.3 Å². The summed E-state index contributed by atoms with van der Waals surface area (Å²) in [5.41, 5.74) is -0.954. The normalized spacial score (nSPS) is 19.6. The van der Waals surface area contributed by atoms with Gasteiger partial charge in [0.25, 0.3) is 0 Å². The number of nitrogens with zero attached hydrogens (tertiary/aromatic N) is 6. The zero-order chi connectivity index (χ0) is 35.4. The Hall–Kier alpha value is -4.69. The summed E-state index contributed by atoms with van der Waals surface area (Å²) < 4.78 is 50.4. The van der Waals surface area contributed by atoms with Crippen LogP contribution in [0.25, 0.3) is 28.0 Å². The van der Waals surface area contributed by atoms with Crippen LogP contribution in [0.4, 0.5) is 19.4 Å². The topological polar surface area (TPSA) is 132 Å². The largest absolute Gasteiger partial charge is 0.490 e. The minimum absolute atomic E-state index is 0.0107. The van der Waals surface area contributed by atoms with Crippen LogP contribution in [-0.4, -0.2) is 86.7 Å². The first-order valence-electron chi connectivity index (χ1n) is 16.2. The Bertz CT molecular complexity index is 1980. The number of carbonyl (C=O) groups excluding carboxylic acids is 1. The monoisotopic (exact) mass is 678 g/mol. The third kappa shape index (κ3) is 6.30. The zero-order valence-corrected chi connectivity index (χ0v) is 28.5. The van der Waals surface area contributed by atoms with Gasteiger partial charge in [-0.1, -0.05) is 19.9 Å². The fourth-order valence-electron chi connectivity index (χ4n) is 6.46. The van der Waals surface area contributed by atoms with Crippen molar-refractivity contribution in [3.8, 4) is 22.7 Å². The molecule has 0 saturated carbocycles. The highest BCUT2D eigenvalue weighted by Gasteiger charge is 2.35. The number of aliphatic hydroxyl groups is 1. The smallest absolute Gasteiger partial charge is 0.410 e. The molecule has 1 amide bonds. The molecule has 49 heavy (non-hydrogen) atoms. The van der Waals surface area contributed by atoms with Crippen LogP contribution >= 0.6 is 0 Å². The van der Waals surface area contributed by atoms with Gasteiger partial charge >= 0.3 is 11.8 Å². The summed E-state index contributed by atoms with van der Waals surface area (Å²) in [5, 5.41) is 11.5. The van der Waals surface area contributed by atoms with E-state index in [1.165, 1.54) is 29.9 Å². The minimum Gasteiger partial charge on any atom is -0.490 e. The highest BCUT2D eigenvalue weighted by Crippen LogP contribution is 2.39. The van der Waals surface area contributed by atoms with Gasteiger partial charge in [-0.2, -0.15) is 4.98 Å². The molecular formula is C35H40F2N6O6. The van der Waals surface area contributed by atoms with Crippen molar-refractivity contribution in [2.45, 2.75) is 71.3 Å². The lowest BCUT2D eigenvalue weighted by Crippen LogP contribution is -2.55. The minimum atomic E-state index is -1.29. The van der Waals surface area contributed by atoms with E-state index in [-0.39, 0.29) is 77.7 Å². The molecule has 2 unspecified atom stereocenters. The average molecular weight is 679 g/mol. The number of halogens is 2. The molecule has 2 bridgehead atoms. The number of fused-ring (bicyclic) bond motifs is 5. The van der Waals surface area contributed by atoms with Gasteiger partial charge < -0.3 is 29.1 Å². The Morgan fingerprint density at radius 3 is 2.55 bits per heavy atom. The van der Waals surface area contributed by atoms with E-state index < -0.39 is 41.2 Å². The van der Waals surface area contributed by atoms with Gasteiger partial charge in [0, 0.05) is 44.5 Å². The van der Waals surface area contributed by atoms with Crippen molar-refractivity contribution in [1.29, 1.82) is 0 Å². The number of anilines is 1. The highest BCUT2D eigenvalue weighted by atomic mass is 19.1. The van der Waals surface area contributed by atoms with Crippen LogP contribution in [0, 0.1) is 11.6 Å². The van der Waals surface area contributed by atoms with Gasteiger partial charge in [-0.25, -0.2) is 27.9 Å². The van der Waals surface area contributed by atoms with Gasteiger partial charge in [0.2, 0.25) is 0 Å². The average Bonchev–Trinajstić information content (AvgIpc) is 3.03. The predicted octanol–water partition coefficient (Wildman–Crippen LogP) is 5.13. The van der Waals surface area contributed by atoms with Gasteiger partial charge in [-0.05, 0) is 57.9 Å². The SMILES string of the molecule is COC1c2ccnc(C(C)C)c2-n2c(=O)nc(N3CCN(C(=O)OC(C)(C)C)C[C@@H]3C)c3cc(F)c(nc32)-c2c(F)cccc2OCC1O. The number of rotatable bonds is 3. The van der Waals surface area contributed by atoms with E-state index in [9.17, 15) is 14.7 Å². The number of aromatic nitrogens is 4. The van der Waals surface area contributed by atoms with Crippen molar-refractivity contribution in [3.63, 3.8) is 0 Å². The van der Waals surface area contributed by atoms with Crippen molar-refractivity contribution in [2.24, 2.45) is 0 Å². The van der Waals surface area contributed by atoms with E-state index in [0.29, 0.717) is 11.3 Å². The van der Waals surface area contributed by atoms with Crippen molar-refractivity contribution >= 4 is 22.9 Å². The second-order valence-electron chi connectivity index (χ2n) is 13.6. The summed E-state index contributed by atoms with van der Waals surface area (Å²) in [5.74, 6) is -1.80. The van der Waals surface area contributed by atoms with Crippen molar-refractivity contribution < 1.29 is 32.9 Å². The number of aliphatic hydroxyl groups excluding tert-OH is 1. The van der Waals surface area contributed by atoms with Gasteiger partial charge in [0.15, 0.2) is 11.5 Å². The summed E-state index contributed by atoms with van der Waals surface area (Å²) >= 11 is 0. The molecule has 2 aliphatic heterocycles. The van der Waals surface area contributed by atoms with Crippen LogP contribution in [0.2, 0.25) is 0 Å². The molecule has 260 valence electrons. The molecule has 1 saturated heterocycles. The van der Waals surface area contributed by atoms with Crippen LogP contribution in [0.5, 0.6) is 5.75 Å². The summed E-state index contributed by atoms with van der Waals surface area (Å²) in [6.07, 6.45) is -1.22. The van der Waals surface area contributed by atoms with E-state index >= 15 is 8.78 Å². The second kappa shape index (κ2) is 13.0. The van der Waals surface area contributed by atoms with Gasteiger partial charge in [-0.15, -0.1) is 0 Å². The van der Waals surface area contributed by atoms with Gasteiger partial charge in [0.1, 0.15) is 47.5 Å². The summed E-state index contributed by atoms with van der Waals surface area (Å²) in [6.45, 7) is 11.4. The Balaban J connectivity index is 1.64. The number of hydrogen-bond acceptors (Lipinski definition) is 10. The van der Waals surface area contributed by atoms with E-state index in [0.717, 1.165) is 6.07 Å². The number of benzene rings is 1. The molecule has 1 N–H and O–H groups in total. The van der Waals surface area contributed by atoms with Crippen molar-refractivity contribution in [3.05, 3.63) is 69.9 Å². The van der Waals surface area contributed by atoms with E-state index in [4.69, 9.17) is 14.2 Å². The van der Waals surface area contributed by atoms with Crippen LogP contribution in [-0.2, 0) is 9.47 Å². The number of carbonyl (C=O) groups is 1. The molecule has 5 heterocycles. The maximum absolute atomic E-state index is 16.3. The molecule has 6 rings (SSSR count). The molecule has 3 atom stereocenters. The lowest BCUT2D eigenvalue weighted by atomic mass is 9.97. The lowest BCUT2D eigenvalue weighted by Gasteiger charge is -2.41. The zero-order valence-electron chi connectivity index (χ0n) is 28.5. The molecule has 14 heteroatoms. The van der Waals surface area contributed by atoms with Crippen LogP contribution in [0.3, 0.4) is 0 Å². The molecular weight excluding hydrogens is 638 g/mol. The molecule has 1 aromatic carbocycles. The molecule has 12 nitrogen and oxygen atoms in total. The molecule has 2 aliphatic rings. The summed E-state index contributed by atoms with van der Waals surface area (Å²) in [7, 11) is 1.42. The molecule has 0 aliphatic carbocycles. The summed E-state index contributed by atoms with van der Waals surface area (Å²) in [4.78, 5) is 44.4. The number of piperazine rings is 1. The van der Waals surface area contributed by atoms with Crippen LogP contribution < -0.4 is 15.3 Å². The third-order valence-corrected chi connectivity index (χ3v) is 8.64. The molecule has 0 radical (unpaired) electrons. The fraction of sp³-hybridized carbons (Fsp3) is 0.457. The Morgan fingerprint density at radius 2 is 1.88 bits per heavy atom. The fourth-order valence-corrected chi connectivity index (χ4v) is 6.46. The number of ether oxygens (including phenoxy) is 3. The van der Waals surface area contributed by atoms with E-state index in [2.05, 4.69) is 15.0 Å². The molecule has 1 fully saturated rings. The lowest BCUT2D eigenvalue weighted by molar-refractivity contribution is -0.0342. The maximum atomic E-state index is 16.3. The molecule has 4 aromatic rings. The number of methoxy groups -OCH3 is 1. The first-order chi connectivity index (χ1) is 23.2. The molecule has 3 aromatic heterocycles. The van der Waals surface area contributed by atoms with E-state index in [1.807, 2.05) is 25.7 Å². The van der Waals surface area contributed by atoms with Gasteiger partial charge in [0.05, 0.1) is 22.3 Å². The van der Waals surface area contributed by atoms with Crippen LogP contribution in [0.1, 0.15) is 64.8 Å². The number of amides is 1. The Kier molecular flexibility index (Phi) is 9.05. The van der Waals surface area contributed by atoms with Gasteiger partial charge in [-0.3, -0.25) is 4.98 Å². The molecule has 0 spiro atoms. The van der Waals surface area contributed by atoms with Crippen LogP contribution in [0.15, 0.2) is 41.3 Å². The quantitative estimate of drug-likeness (QED) is 0.311. The standard InChI is InChI=1S/C35H40F2N6O6/c1-18(2)27-29-20(11-12-38-27)30(47-7)24(44)17-48-25-10-8-9-22(36)26(25)28-23(37)15-21-31(40-33(45)43(29)32(21)39-28)42-14-13-41(16-19(42)3)34(46)49-35(4,5)6/h8-12,15,18-19,24,30,44H,13-14,16-17H2,1-7H3/t19-,24?,30?/m0/s1. The third-order valence-electron chi connectivity index (χ3n) is 8.64. The second-order valence-corrected chi connectivity index (χ2v) is 13.6. The summed E-state index contributed by atoms with van der Waals surface area (Å²) in [6, 6.07) is 6.48. The number of pyridine rings is 2. The first kappa shape index (κ1) is 34.2. The Morgan fingerprint density at radius 1 is 1.12 bits per heavy atom. The maximum Gasteiger partial charge on any atom is 0.410 e.